The highest BCUT2D eigenvalue weighted by Crippen LogP contribution is 2.43. The number of fused-ring (bicyclic) bond motifs is 2. The van der Waals surface area contributed by atoms with E-state index in [0.717, 1.165) is 74.6 Å². The van der Waals surface area contributed by atoms with Crippen LogP contribution in [0.2, 0.25) is 10.0 Å². The number of rotatable bonds is 25. The first kappa shape index (κ1) is 66.1. The normalized spacial score (nSPS) is 21.8. The molecule has 0 aromatic heterocycles. The van der Waals surface area contributed by atoms with Gasteiger partial charge in [0.1, 0.15) is 23.7 Å². The molecule has 0 bridgehead atoms. The van der Waals surface area contributed by atoms with Crippen LogP contribution in [-0.4, -0.2) is 189 Å². The number of hydrogen-bond acceptors (Lipinski definition) is 16. The number of nitrogens with zero attached hydrogens (tertiary/aromatic N) is 6. The number of piperazine rings is 2. The monoisotopic (exact) mass is 1310 g/mol. The molecule has 24 nitrogen and oxygen atoms in total. The van der Waals surface area contributed by atoms with Crippen LogP contribution >= 0.6 is 23.2 Å². The Hall–Kier alpha value is -6.82. The van der Waals surface area contributed by atoms with E-state index in [-0.39, 0.29) is 84.8 Å². The minimum Gasteiger partial charge on any atom is -0.484 e. The van der Waals surface area contributed by atoms with Crippen molar-refractivity contribution in [1.82, 2.24) is 60.9 Å². The van der Waals surface area contributed by atoms with Gasteiger partial charge in [-0.3, -0.25) is 19.4 Å². The third-order valence-corrected chi connectivity index (χ3v) is 21.0. The summed E-state index contributed by atoms with van der Waals surface area (Å²) in [6.45, 7) is 9.18. The van der Waals surface area contributed by atoms with Gasteiger partial charge in [-0.25, -0.2) is 35.9 Å². The number of urea groups is 2. The molecule has 6 aliphatic rings. The van der Waals surface area contributed by atoms with Crippen LogP contribution in [0.25, 0.3) is 0 Å². The number of likely N-dealkylation sites (tertiary alicyclic amines) is 2. The third-order valence-electron chi connectivity index (χ3n) is 17.5. The van der Waals surface area contributed by atoms with E-state index in [0.29, 0.717) is 110 Å². The van der Waals surface area contributed by atoms with Gasteiger partial charge < -0.3 is 51.2 Å². The molecule has 4 aliphatic heterocycles. The lowest BCUT2D eigenvalue weighted by atomic mass is 10.0. The van der Waals surface area contributed by atoms with Crippen molar-refractivity contribution in [3.8, 4) is 23.6 Å². The number of sulfonamides is 2. The number of unbranched alkanes of at least 4 members (excludes halogenated alkanes) is 1. The van der Waals surface area contributed by atoms with Gasteiger partial charge in [0.25, 0.3) is 0 Å². The van der Waals surface area contributed by atoms with E-state index >= 15 is 0 Å². The molecule has 28 heteroatoms. The Morgan fingerprint density at radius 1 is 0.533 bits per heavy atom. The van der Waals surface area contributed by atoms with Gasteiger partial charge in [0.05, 0.1) is 45.1 Å². The van der Waals surface area contributed by atoms with Gasteiger partial charge in [0.2, 0.25) is 31.9 Å². The maximum Gasteiger partial charge on any atom is 0.314 e. The van der Waals surface area contributed by atoms with E-state index in [2.05, 4.69) is 63.3 Å². The van der Waals surface area contributed by atoms with Crippen molar-refractivity contribution < 1.29 is 45.5 Å². The van der Waals surface area contributed by atoms with Gasteiger partial charge >= 0.3 is 12.1 Å². The lowest BCUT2D eigenvalue weighted by Gasteiger charge is -2.36. The Morgan fingerprint density at radius 3 is 1.27 bits per heavy atom. The number of ether oxygens (including phenoxy) is 2. The summed E-state index contributed by atoms with van der Waals surface area (Å²) in [6.07, 6.45) is 3.71. The van der Waals surface area contributed by atoms with E-state index in [1.54, 1.807) is 46.2 Å². The average molecular weight is 1310 g/mol. The molecule has 0 saturated carbocycles. The summed E-state index contributed by atoms with van der Waals surface area (Å²) < 4.78 is 72.6. The number of carbonyl (C=O) groups excluding carboxylic acids is 4. The number of hydrogen-bond donors (Lipinski definition) is 8. The first-order valence-electron chi connectivity index (χ1n) is 31.0. The van der Waals surface area contributed by atoms with Crippen LogP contribution in [0.5, 0.6) is 11.5 Å². The predicted molar refractivity (Wildman–Crippen MR) is 337 cm³/mol. The first-order valence-corrected chi connectivity index (χ1v) is 34.7. The van der Waals surface area contributed by atoms with E-state index in [4.69, 9.17) is 32.7 Å². The fourth-order valence-corrected chi connectivity index (χ4v) is 15.9. The summed E-state index contributed by atoms with van der Waals surface area (Å²) in [4.78, 5) is 59.0. The standard InChI is InChI=1S/C62H78Cl2N14O10S2/c63-43-31-41(37-65)51-35-55(75-27-21-67-22-28-75)59(53(51)33-43)87-47-7-11-49(12-8-47)89(83,84)73-45-15-25-77(39-45)57(79)5-3-19-71-61(81)69-17-1-2-18-70-62(82)72-20-4-6-58(80)78-26-16-46(40-78)74-90(85,86)50-13-9-48(10-14-50)88-60-54-34-44(64)32-42(38-66)52(54)36-56(60)76-29-23-68-24-30-76/h7-14,31-34,45-46,55-56,59-60,67-68,73-74H,1-6,15-30,35-36,39-40H2,(H2,69,71,81)(H2,70,72,82)/t45-,46-,55-,56-,59-,60-/m0/s1. The molecule has 4 heterocycles. The Labute approximate surface area is 536 Å². The Balaban J connectivity index is 0.549. The molecule has 6 amide bonds. The molecule has 4 fully saturated rings. The molecule has 4 aromatic carbocycles. The van der Waals surface area contributed by atoms with Gasteiger partial charge in [-0.2, -0.15) is 10.5 Å². The van der Waals surface area contributed by atoms with Crippen molar-refractivity contribution in [2.45, 2.75) is 110 Å². The summed E-state index contributed by atoms with van der Waals surface area (Å²) in [5.41, 5.74) is 4.61. The van der Waals surface area contributed by atoms with E-state index in [1.165, 1.54) is 24.3 Å². The SMILES string of the molecule is N#Cc1cc(Cl)cc2c1C[C@H](N1CCNCC1)[C@H]2Oc1ccc(S(=O)(=O)N[C@H]2CCN(C(=O)CCCNC(=O)NCCCCNC(=O)NCCCC(=O)N3CC[C@H](NS(=O)(=O)c4ccc(O[C@H]5c6cc(Cl)cc(C#N)c6C[C@@H]5N5CCNCC5)cc4)C3)C2)cc1. The van der Waals surface area contributed by atoms with Crippen molar-refractivity contribution >= 4 is 67.1 Å². The minimum atomic E-state index is -3.92. The second kappa shape index (κ2) is 30.5. The van der Waals surface area contributed by atoms with Crippen molar-refractivity contribution in [3.05, 3.63) is 116 Å². The topological polar surface area (TPSA) is 312 Å². The molecular weight excluding hydrogens is 1240 g/mol. The molecule has 90 heavy (non-hydrogen) atoms. The van der Waals surface area contributed by atoms with Gasteiger partial charge in [-0.15, -0.1) is 0 Å². The number of carbonyl (C=O) groups is 4. The molecule has 4 saturated heterocycles. The molecule has 6 atom stereocenters. The lowest BCUT2D eigenvalue weighted by molar-refractivity contribution is -0.131. The van der Waals surface area contributed by atoms with Crippen LogP contribution in [0.1, 0.15) is 97.0 Å². The number of benzene rings is 4. The summed E-state index contributed by atoms with van der Waals surface area (Å²) in [6, 6.07) is 22.4. The molecule has 0 radical (unpaired) electrons. The Bertz CT molecular complexity index is 3320. The zero-order valence-electron chi connectivity index (χ0n) is 50.1. The van der Waals surface area contributed by atoms with Crippen LogP contribution in [0.15, 0.2) is 82.6 Å². The zero-order chi connectivity index (χ0) is 63.4. The smallest absolute Gasteiger partial charge is 0.314 e. The van der Waals surface area contributed by atoms with Gasteiger partial charge in [-0.1, -0.05) is 23.2 Å². The molecule has 0 unspecified atom stereocenters. The molecule has 10 rings (SSSR count). The first-order chi connectivity index (χ1) is 43.4. The van der Waals surface area contributed by atoms with Crippen molar-refractivity contribution in [1.29, 1.82) is 10.5 Å². The molecule has 482 valence electrons. The van der Waals surface area contributed by atoms with E-state index < -0.39 is 44.3 Å². The van der Waals surface area contributed by atoms with Crippen LogP contribution in [0.3, 0.4) is 0 Å². The van der Waals surface area contributed by atoms with Crippen LogP contribution < -0.4 is 50.8 Å². The maximum atomic E-state index is 13.5. The fraction of sp³-hybridized carbons (Fsp3) is 0.516. The second-order valence-electron chi connectivity index (χ2n) is 23.6. The summed E-state index contributed by atoms with van der Waals surface area (Å²) in [5, 5.41) is 38.4. The number of halogens is 2. The molecular formula is C62H78Cl2N14O10S2. The van der Waals surface area contributed by atoms with Gasteiger partial charge in [0.15, 0.2) is 0 Å². The number of nitrogens with one attached hydrogen (secondary N) is 8. The Kier molecular flexibility index (Phi) is 22.4. The highest BCUT2D eigenvalue weighted by atomic mass is 35.5. The van der Waals surface area contributed by atoms with Crippen LogP contribution in [0, 0.1) is 22.7 Å². The number of nitriles is 2. The van der Waals surface area contributed by atoms with E-state index in [1.807, 2.05) is 12.1 Å². The van der Waals surface area contributed by atoms with Crippen molar-refractivity contribution in [2.24, 2.45) is 0 Å². The average Bonchev–Trinajstić information content (AvgIpc) is 1.66. The van der Waals surface area contributed by atoms with Crippen LogP contribution in [-0.2, 0) is 42.5 Å². The van der Waals surface area contributed by atoms with Crippen LogP contribution in [0.4, 0.5) is 9.59 Å². The minimum absolute atomic E-state index is 0.0240. The fourth-order valence-electron chi connectivity index (χ4n) is 12.9. The Morgan fingerprint density at radius 2 is 0.900 bits per heavy atom. The molecule has 2 aliphatic carbocycles. The molecule has 0 spiro atoms. The highest BCUT2D eigenvalue weighted by molar-refractivity contribution is 7.89. The van der Waals surface area contributed by atoms with Crippen molar-refractivity contribution in [2.75, 3.05) is 105 Å². The zero-order valence-corrected chi connectivity index (χ0v) is 53.3. The number of amides is 6. The molecule has 4 aromatic rings. The quantitative estimate of drug-likeness (QED) is 0.0434. The summed E-state index contributed by atoms with van der Waals surface area (Å²) in [5.74, 6) is 0.704. The lowest BCUT2D eigenvalue weighted by Crippen LogP contribution is -2.50. The highest BCUT2D eigenvalue weighted by Gasteiger charge is 2.42. The van der Waals surface area contributed by atoms with Gasteiger partial charge in [0, 0.05) is 140 Å². The van der Waals surface area contributed by atoms with Crippen molar-refractivity contribution in [3.63, 3.8) is 0 Å². The van der Waals surface area contributed by atoms with E-state index in [9.17, 15) is 46.5 Å². The predicted octanol–water partition coefficient (Wildman–Crippen LogP) is 4.03. The third kappa shape index (κ3) is 16.8. The largest absolute Gasteiger partial charge is 0.484 e. The maximum absolute atomic E-state index is 13.5. The summed E-state index contributed by atoms with van der Waals surface area (Å²) in [7, 11) is -7.85. The summed E-state index contributed by atoms with van der Waals surface area (Å²) >= 11 is 12.9. The second-order valence-corrected chi connectivity index (χ2v) is 27.9. The van der Waals surface area contributed by atoms with Gasteiger partial charge in [-0.05, 0) is 146 Å². The molecule has 8 N–H and O–H groups in total.